The van der Waals surface area contributed by atoms with Crippen LogP contribution in [0.5, 0.6) is 11.5 Å². The molecule has 3 aromatic rings. The van der Waals surface area contributed by atoms with Crippen LogP contribution in [0.4, 0.5) is 10.8 Å². The van der Waals surface area contributed by atoms with Crippen molar-refractivity contribution in [3.8, 4) is 17.6 Å². The van der Waals surface area contributed by atoms with Gasteiger partial charge in [0.2, 0.25) is 11.0 Å². The standard InChI is InChI=1S/C32H34N6O4S2/c1-6-18-7-10-20(11-8-18)35-26(40)17-43-31-37-36-30(44-31)38-22-14-32(2,3)15-23(39)28(22)27(21(16-33)29(38)34)19-9-12-24(41-4)25(13-19)42-5/h7-13,27H,6,14-15,17,34H2,1-5H3,(H,35,40). The van der Waals surface area contributed by atoms with Crippen molar-refractivity contribution in [2.75, 3.05) is 30.2 Å². The van der Waals surface area contributed by atoms with Gasteiger partial charge in [0.05, 0.1) is 37.5 Å². The van der Waals surface area contributed by atoms with Gasteiger partial charge in [-0.1, -0.05) is 62.1 Å². The van der Waals surface area contributed by atoms with Crippen molar-refractivity contribution in [2.45, 2.75) is 50.3 Å². The number of hydrogen-bond acceptors (Lipinski definition) is 11. The molecular weight excluding hydrogens is 597 g/mol. The van der Waals surface area contributed by atoms with Crippen molar-refractivity contribution in [2.24, 2.45) is 11.1 Å². The van der Waals surface area contributed by atoms with Crippen LogP contribution in [-0.2, 0) is 16.0 Å². The van der Waals surface area contributed by atoms with Crippen LogP contribution in [0.15, 0.2) is 69.5 Å². The average molecular weight is 631 g/mol. The van der Waals surface area contributed by atoms with Crippen molar-refractivity contribution in [1.82, 2.24) is 10.2 Å². The molecule has 3 N–H and O–H groups in total. The van der Waals surface area contributed by atoms with E-state index in [0.29, 0.717) is 50.6 Å². The van der Waals surface area contributed by atoms with E-state index in [2.05, 4.69) is 28.5 Å². The Morgan fingerprint density at radius 1 is 1.16 bits per heavy atom. The summed E-state index contributed by atoms with van der Waals surface area (Å²) < 4.78 is 11.5. The van der Waals surface area contributed by atoms with E-state index < -0.39 is 5.92 Å². The highest BCUT2D eigenvalue weighted by Crippen LogP contribution is 2.51. The second kappa shape index (κ2) is 12.7. The number of amides is 1. The quantitative estimate of drug-likeness (QED) is 0.279. The topological polar surface area (TPSA) is 143 Å². The Bertz CT molecular complexity index is 1700. The number of carbonyl (C=O) groups is 2. The third kappa shape index (κ3) is 6.16. The highest BCUT2D eigenvalue weighted by Gasteiger charge is 2.45. The van der Waals surface area contributed by atoms with E-state index in [0.717, 1.165) is 12.1 Å². The molecule has 1 aliphatic heterocycles. The number of rotatable bonds is 9. The maximum Gasteiger partial charge on any atom is 0.234 e. The van der Waals surface area contributed by atoms with Gasteiger partial charge in [-0.25, -0.2) is 0 Å². The van der Waals surface area contributed by atoms with E-state index in [-0.39, 0.29) is 34.3 Å². The van der Waals surface area contributed by atoms with E-state index in [9.17, 15) is 14.9 Å². The molecule has 1 unspecified atom stereocenters. The lowest BCUT2D eigenvalue weighted by atomic mass is 9.68. The maximum absolute atomic E-state index is 13.8. The molecule has 0 spiro atoms. The van der Waals surface area contributed by atoms with Crippen LogP contribution in [0.25, 0.3) is 0 Å². The molecule has 44 heavy (non-hydrogen) atoms. The van der Waals surface area contributed by atoms with Crippen LogP contribution in [0.1, 0.15) is 50.7 Å². The summed E-state index contributed by atoms with van der Waals surface area (Å²) in [6.07, 6.45) is 1.80. The summed E-state index contributed by atoms with van der Waals surface area (Å²) in [6.45, 7) is 6.15. The predicted molar refractivity (Wildman–Crippen MR) is 172 cm³/mol. The summed E-state index contributed by atoms with van der Waals surface area (Å²) in [6, 6.07) is 15.4. The molecule has 10 nitrogen and oxygen atoms in total. The van der Waals surface area contributed by atoms with Gasteiger partial charge in [0.25, 0.3) is 0 Å². The molecule has 0 radical (unpaired) electrons. The molecule has 0 saturated carbocycles. The van der Waals surface area contributed by atoms with Crippen molar-refractivity contribution >= 4 is 45.6 Å². The molecule has 2 aromatic carbocycles. The molecule has 5 rings (SSSR count). The number of anilines is 2. The number of nitrogens with zero attached hydrogens (tertiary/aromatic N) is 4. The van der Waals surface area contributed by atoms with Crippen LogP contribution < -0.4 is 25.4 Å². The van der Waals surface area contributed by atoms with Gasteiger partial charge in [-0.3, -0.25) is 14.5 Å². The number of Topliss-reactive ketones (excluding diaryl/α,β-unsaturated/α-hetero) is 1. The molecule has 0 saturated heterocycles. The Morgan fingerprint density at radius 3 is 2.55 bits per heavy atom. The zero-order valence-corrected chi connectivity index (χ0v) is 26.9. The smallest absolute Gasteiger partial charge is 0.234 e. The highest BCUT2D eigenvalue weighted by molar-refractivity contribution is 8.01. The first-order valence-electron chi connectivity index (χ1n) is 14.1. The Labute approximate surface area is 264 Å². The first-order valence-corrected chi connectivity index (χ1v) is 15.9. The minimum atomic E-state index is -0.675. The molecule has 0 fully saturated rings. The largest absolute Gasteiger partial charge is 0.493 e. The third-order valence-electron chi connectivity index (χ3n) is 7.68. The second-order valence-electron chi connectivity index (χ2n) is 11.3. The summed E-state index contributed by atoms with van der Waals surface area (Å²) >= 11 is 2.51. The van der Waals surface area contributed by atoms with Crippen LogP contribution in [0.2, 0.25) is 0 Å². The number of benzene rings is 2. The first kappa shape index (κ1) is 31.1. The number of carbonyl (C=O) groups excluding carboxylic acids is 2. The molecule has 2 heterocycles. The van der Waals surface area contributed by atoms with Crippen molar-refractivity contribution in [3.63, 3.8) is 0 Å². The van der Waals surface area contributed by atoms with Gasteiger partial charge < -0.3 is 20.5 Å². The Kier molecular flexibility index (Phi) is 8.99. The number of aryl methyl sites for hydroxylation is 1. The zero-order chi connectivity index (χ0) is 31.6. The minimum absolute atomic E-state index is 0.0518. The molecule has 2 aliphatic rings. The minimum Gasteiger partial charge on any atom is -0.493 e. The Balaban J connectivity index is 1.46. The monoisotopic (exact) mass is 630 g/mol. The van der Waals surface area contributed by atoms with Gasteiger partial charge in [0.15, 0.2) is 21.6 Å². The summed E-state index contributed by atoms with van der Waals surface area (Å²) in [4.78, 5) is 28.1. The molecule has 0 bridgehead atoms. The van der Waals surface area contributed by atoms with Crippen LogP contribution >= 0.6 is 23.1 Å². The fraction of sp³-hybridized carbons (Fsp3) is 0.344. The van der Waals surface area contributed by atoms with E-state index in [1.54, 1.807) is 24.1 Å². The molecule has 1 aliphatic carbocycles. The van der Waals surface area contributed by atoms with Crippen molar-refractivity contribution in [1.29, 1.82) is 5.26 Å². The Hall–Kier alpha value is -4.34. The van der Waals surface area contributed by atoms with Crippen LogP contribution in [0, 0.1) is 16.7 Å². The number of methoxy groups -OCH3 is 2. The van der Waals surface area contributed by atoms with E-state index in [1.165, 1.54) is 35.8 Å². The summed E-state index contributed by atoms with van der Waals surface area (Å²) in [5.74, 6) is 0.466. The highest BCUT2D eigenvalue weighted by atomic mass is 32.2. The van der Waals surface area contributed by atoms with E-state index in [1.807, 2.05) is 44.2 Å². The maximum atomic E-state index is 13.8. The summed E-state index contributed by atoms with van der Waals surface area (Å²) in [5.41, 5.74) is 10.5. The van der Waals surface area contributed by atoms with Gasteiger partial charge in [-0.15, -0.1) is 10.2 Å². The van der Waals surface area contributed by atoms with Gasteiger partial charge in [0.1, 0.15) is 5.82 Å². The van der Waals surface area contributed by atoms with Gasteiger partial charge in [-0.05, 0) is 53.6 Å². The van der Waals surface area contributed by atoms with E-state index in [4.69, 9.17) is 15.2 Å². The zero-order valence-electron chi connectivity index (χ0n) is 25.3. The molecule has 1 aromatic heterocycles. The van der Waals surface area contributed by atoms with Crippen LogP contribution in [-0.4, -0.2) is 41.9 Å². The number of thioether (sulfide) groups is 1. The first-order chi connectivity index (χ1) is 21.1. The Morgan fingerprint density at radius 2 is 1.89 bits per heavy atom. The number of ether oxygens (including phenoxy) is 2. The lowest BCUT2D eigenvalue weighted by molar-refractivity contribution is -0.118. The second-order valence-corrected chi connectivity index (χ2v) is 13.5. The number of ketones is 1. The molecule has 1 amide bonds. The molecular formula is C32H34N6O4S2. The number of allylic oxidation sites excluding steroid dienone is 3. The molecule has 228 valence electrons. The van der Waals surface area contributed by atoms with E-state index >= 15 is 0 Å². The summed E-state index contributed by atoms with van der Waals surface area (Å²) in [5, 5.41) is 22.4. The number of nitrogens with one attached hydrogen (secondary N) is 1. The number of nitriles is 1. The van der Waals surface area contributed by atoms with Gasteiger partial charge in [-0.2, -0.15) is 5.26 Å². The van der Waals surface area contributed by atoms with Gasteiger partial charge in [0, 0.05) is 23.4 Å². The van der Waals surface area contributed by atoms with Crippen LogP contribution in [0.3, 0.4) is 0 Å². The fourth-order valence-corrected chi connectivity index (χ4v) is 7.27. The van der Waals surface area contributed by atoms with Crippen molar-refractivity contribution < 1.29 is 19.1 Å². The lowest BCUT2D eigenvalue weighted by Gasteiger charge is -2.42. The number of nitrogens with two attached hydrogens (primary N) is 1. The number of aromatic nitrogens is 2. The van der Waals surface area contributed by atoms with Crippen molar-refractivity contribution in [3.05, 3.63) is 76.3 Å². The molecule has 1 atom stereocenters. The summed E-state index contributed by atoms with van der Waals surface area (Å²) in [7, 11) is 3.09. The number of hydrogen-bond donors (Lipinski definition) is 2. The molecule has 12 heteroatoms. The third-order valence-corrected chi connectivity index (χ3v) is 9.72. The lowest BCUT2D eigenvalue weighted by Crippen LogP contribution is -2.42. The fourth-order valence-electron chi connectivity index (χ4n) is 5.59. The average Bonchev–Trinajstić information content (AvgIpc) is 3.47. The SMILES string of the molecule is CCc1ccc(NC(=O)CSc2nnc(N3C(N)=C(C#N)C(c4ccc(OC)c(OC)c4)C4=C3CC(C)(C)CC4=O)s2)cc1. The van der Waals surface area contributed by atoms with Gasteiger partial charge >= 0.3 is 0 Å². The normalized spacial score (nSPS) is 17.7. The predicted octanol–water partition coefficient (Wildman–Crippen LogP) is 5.79.